The minimum absolute atomic E-state index is 0.0300. The van der Waals surface area contributed by atoms with E-state index in [1.807, 2.05) is 42.5 Å². The Bertz CT molecular complexity index is 1070. The Morgan fingerprint density at radius 1 is 0.867 bits per heavy atom. The molecule has 3 aromatic carbocycles. The highest BCUT2D eigenvalue weighted by atomic mass is 32.2. The summed E-state index contributed by atoms with van der Waals surface area (Å²) in [6.07, 6.45) is 3.16. The molecular weight excluding hydrogens is 398 g/mol. The number of carbonyl (C=O) groups is 1. The third-order valence-corrected chi connectivity index (χ3v) is 6.16. The molecule has 154 valence electrons. The lowest BCUT2D eigenvalue weighted by Crippen LogP contribution is -2.26. The number of esters is 1. The van der Waals surface area contributed by atoms with Crippen molar-refractivity contribution in [1.82, 2.24) is 4.72 Å². The molecule has 3 rings (SSSR count). The van der Waals surface area contributed by atoms with E-state index in [0.717, 1.165) is 5.56 Å². The topological polar surface area (TPSA) is 72.5 Å². The van der Waals surface area contributed by atoms with Crippen molar-refractivity contribution in [3.05, 3.63) is 108 Å². The van der Waals surface area contributed by atoms with Crippen LogP contribution in [0.2, 0.25) is 0 Å². The predicted octanol–water partition coefficient (Wildman–Crippen LogP) is 4.70. The molecule has 0 saturated heterocycles. The molecule has 1 unspecified atom stereocenters. The Morgan fingerprint density at radius 2 is 1.43 bits per heavy atom. The molecule has 1 atom stereocenters. The zero-order valence-corrected chi connectivity index (χ0v) is 17.2. The number of carbonyl (C=O) groups excluding carboxylic acids is 1. The van der Waals surface area contributed by atoms with Crippen molar-refractivity contribution < 1.29 is 17.9 Å². The van der Waals surface area contributed by atoms with Crippen LogP contribution in [-0.2, 0) is 14.8 Å². The van der Waals surface area contributed by atoms with Gasteiger partial charge in [0.05, 0.1) is 0 Å². The summed E-state index contributed by atoms with van der Waals surface area (Å²) in [6.45, 7) is 0. The average molecular weight is 422 g/mol. The Labute approximate surface area is 177 Å². The van der Waals surface area contributed by atoms with E-state index in [0.29, 0.717) is 11.3 Å². The van der Waals surface area contributed by atoms with Crippen LogP contribution in [0, 0.1) is 0 Å². The van der Waals surface area contributed by atoms with Crippen LogP contribution in [-0.4, -0.2) is 14.4 Å². The Balaban J connectivity index is 1.70. The molecule has 0 aliphatic carbocycles. The van der Waals surface area contributed by atoms with Gasteiger partial charge in [0.15, 0.2) is 0 Å². The van der Waals surface area contributed by atoms with Crippen molar-refractivity contribution in [1.29, 1.82) is 0 Å². The van der Waals surface area contributed by atoms with Crippen LogP contribution in [0.4, 0.5) is 0 Å². The van der Waals surface area contributed by atoms with Crippen molar-refractivity contribution in [2.75, 3.05) is 0 Å². The maximum atomic E-state index is 13.0. The van der Waals surface area contributed by atoms with E-state index in [9.17, 15) is 13.2 Å². The van der Waals surface area contributed by atoms with Crippen molar-refractivity contribution in [2.45, 2.75) is 18.1 Å². The standard InChI is InChI=1S/C24H23NO4S/c26-24(29-22-14-8-3-9-15-22)17-16-23(21-12-6-2-7-13-21)30(27,28)25-19-18-20-10-4-1-5-11-20/h1-15,18-19,23,25H,16-17H2. The molecule has 0 aromatic heterocycles. The summed E-state index contributed by atoms with van der Waals surface area (Å²) in [7, 11) is -3.76. The number of rotatable bonds is 9. The van der Waals surface area contributed by atoms with Crippen molar-refractivity contribution in [2.24, 2.45) is 0 Å². The number of ether oxygens (including phenoxy) is 1. The third-order valence-electron chi connectivity index (χ3n) is 4.44. The van der Waals surface area contributed by atoms with Crippen LogP contribution in [0.15, 0.2) is 97.2 Å². The van der Waals surface area contributed by atoms with Crippen LogP contribution in [0.1, 0.15) is 29.2 Å². The van der Waals surface area contributed by atoms with E-state index in [1.54, 1.807) is 54.6 Å². The minimum atomic E-state index is -3.76. The van der Waals surface area contributed by atoms with Gasteiger partial charge >= 0.3 is 5.97 Å². The molecular formula is C24H23NO4S. The summed E-state index contributed by atoms with van der Waals surface area (Å²) in [5, 5.41) is -0.887. The molecule has 6 heteroatoms. The molecule has 5 nitrogen and oxygen atoms in total. The summed E-state index contributed by atoms with van der Waals surface area (Å²) in [6, 6.07) is 27.0. The first kappa shape index (κ1) is 21.3. The van der Waals surface area contributed by atoms with Gasteiger partial charge in [0.25, 0.3) is 0 Å². The molecule has 0 saturated carbocycles. The van der Waals surface area contributed by atoms with E-state index in [2.05, 4.69) is 4.72 Å². The monoisotopic (exact) mass is 421 g/mol. The molecule has 0 spiro atoms. The average Bonchev–Trinajstić information content (AvgIpc) is 2.76. The number of benzene rings is 3. The quantitative estimate of drug-likeness (QED) is 0.401. The first-order valence-electron chi connectivity index (χ1n) is 9.58. The highest BCUT2D eigenvalue weighted by molar-refractivity contribution is 7.89. The number of nitrogens with one attached hydrogen (secondary N) is 1. The van der Waals surface area contributed by atoms with E-state index >= 15 is 0 Å². The number of hydrogen-bond acceptors (Lipinski definition) is 4. The van der Waals surface area contributed by atoms with Gasteiger partial charge < -0.3 is 4.74 Å². The zero-order chi connectivity index (χ0) is 21.2. The predicted molar refractivity (Wildman–Crippen MR) is 118 cm³/mol. The van der Waals surface area contributed by atoms with Crippen LogP contribution < -0.4 is 9.46 Å². The van der Waals surface area contributed by atoms with Crippen molar-refractivity contribution in [3.8, 4) is 5.75 Å². The summed E-state index contributed by atoms with van der Waals surface area (Å²) >= 11 is 0. The van der Waals surface area contributed by atoms with Gasteiger partial charge in [0, 0.05) is 12.6 Å². The van der Waals surface area contributed by atoms with Gasteiger partial charge in [-0.3, -0.25) is 9.52 Å². The first-order valence-corrected chi connectivity index (χ1v) is 11.1. The number of sulfonamides is 1. The summed E-state index contributed by atoms with van der Waals surface area (Å²) in [5.41, 5.74) is 1.49. The van der Waals surface area contributed by atoms with Gasteiger partial charge in [-0.25, -0.2) is 8.42 Å². The SMILES string of the molecule is O=C(CCC(c1ccccc1)S(=O)(=O)NC=Cc1ccccc1)Oc1ccccc1. The fourth-order valence-corrected chi connectivity index (χ4v) is 4.33. The van der Waals surface area contributed by atoms with Gasteiger partial charge in [0.1, 0.15) is 11.0 Å². The second-order valence-corrected chi connectivity index (χ2v) is 8.53. The van der Waals surface area contributed by atoms with E-state index in [-0.39, 0.29) is 12.8 Å². The van der Waals surface area contributed by atoms with Gasteiger partial charge in [0.2, 0.25) is 10.0 Å². The van der Waals surface area contributed by atoms with Crippen LogP contribution >= 0.6 is 0 Å². The maximum absolute atomic E-state index is 13.0. The molecule has 30 heavy (non-hydrogen) atoms. The van der Waals surface area contributed by atoms with Crippen LogP contribution in [0.5, 0.6) is 5.75 Å². The van der Waals surface area contributed by atoms with Crippen LogP contribution in [0.3, 0.4) is 0 Å². The van der Waals surface area contributed by atoms with Gasteiger partial charge in [-0.2, -0.15) is 0 Å². The Kier molecular flexibility index (Phi) is 7.40. The molecule has 3 aromatic rings. The lowest BCUT2D eigenvalue weighted by Gasteiger charge is -2.17. The third kappa shape index (κ3) is 6.32. The van der Waals surface area contributed by atoms with Gasteiger partial charge in [-0.1, -0.05) is 78.9 Å². The van der Waals surface area contributed by atoms with Crippen molar-refractivity contribution >= 4 is 22.1 Å². The zero-order valence-electron chi connectivity index (χ0n) is 16.3. The lowest BCUT2D eigenvalue weighted by atomic mass is 10.1. The van der Waals surface area contributed by atoms with Gasteiger partial charge in [-0.15, -0.1) is 0 Å². The molecule has 0 radical (unpaired) electrons. The summed E-state index contributed by atoms with van der Waals surface area (Å²) in [4.78, 5) is 12.2. The summed E-state index contributed by atoms with van der Waals surface area (Å²) in [5.74, 6) is -0.0392. The molecule has 0 bridgehead atoms. The van der Waals surface area contributed by atoms with E-state index in [4.69, 9.17) is 4.74 Å². The molecule has 0 fully saturated rings. The molecule has 1 N–H and O–H groups in total. The number of hydrogen-bond donors (Lipinski definition) is 1. The molecule has 0 amide bonds. The van der Waals surface area contributed by atoms with E-state index in [1.165, 1.54) is 6.20 Å². The van der Waals surface area contributed by atoms with Gasteiger partial charge in [-0.05, 0) is 35.8 Å². The fourth-order valence-electron chi connectivity index (χ4n) is 2.96. The Hall–Kier alpha value is -3.38. The van der Waals surface area contributed by atoms with E-state index < -0.39 is 21.2 Å². The van der Waals surface area contributed by atoms with Crippen molar-refractivity contribution in [3.63, 3.8) is 0 Å². The molecule has 0 aliphatic rings. The largest absolute Gasteiger partial charge is 0.427 e. The smallest absolute Gasteiger partial charge is 0.311 e. The second-order valence-electron chi connectivity index (χ2n) is 6.63. The summed E-state index contributed by atoms with van der Waals surface area (Å²) < 4.78 is 33.8. The first-order chi connectivity index (χ1) is 14.5. The fraction of sp³-hybridized carbons (Fsp3) is 0.125. The molecule has 0 aliphatic heterocycles. The lowest BCUT2D eigenvalue weighted by molar-refractivity contribution is -0.134. The Morgan fingerprint density at radius 3 is 2.07 bits per heavy atom. The highest BCUT2D eigenvalue weighted by Crippen LogP contribution is 2.27. The highest BCUT2D eigenvalue weighted by Gasteiger charge is 2.27. The van der Waals surface area contributed by atoms with Crippen LogP contribution in [0.25, 0.3) is 6.08 Å². The minimum Gasteiger partial charge on any atom is -0.427 e. The number of para-hydroxylation sites is 1. The maximum Gasteiger partial charge on any atom is 0.311 e. The second kappa shape index (κ2) is 10.4. The normalized spacial score (nSPS) is 12.4. The molecule has 0 heterocycles.